The number of likely N-dealkylation sites (N-methyl/N-ethyl adjacent to an activating group) is 1. The van der Waals surface area contributed by atoms with Gasteiger partial charge in [-0.25, -0.2) is 9.59 Å². The number of halogens is 1. The number of esters is 1. The number of carbonyl (C=O) groups excluding carboxylic acids is 4. The maximum atomic E-state index is 14.2. The van der Waals surface area contributed by atoms with Crippen LogP contribution in [0, 0.1) is 5.92 Å². The third-order valence-corrected chi connectivity index (χ3v) is 14.0. The molecule has 1 aromatic carbocycles. The molecule has 2 N–H and O–H groups in total. The molecular weight excluding hydrogens is 866 g/mol. The Morgan fingerprint density at radius 1 is 1.10 bits per heavy atom. The SMILES string of the molecule is CCOCCOCCOCCSSCCC(=O)N(C)[C@H](C)C(=O)O[C@H]1CC(=O)N(C)c2cc(cc(OC)c2Cl)C/C(C)=C/C=C/[C@@H](OC)[C@@]2(O)CC(OC(=O)N2)[C@H](C)C2O[C@@]21C. The van der Waals surface area contributed by atoms with Crippen molar-refractivity contribution in [2.75, 3.05) is 84.4 Å². The molecule has 2 saturated heterocycles. The molecule has 4 bridgehead atoms. The number of carbonyl (C=O) groups is 4. The number of methoxy groups -OCH3 is 2. The van der Waals surface area contributed by atoms with Gasteiger partial charge in [0.05, 0.1) is 58.4 Å². The van der Waals surface area contributed by atoms with Gasteiger partial charge >= 0.3 is 12.1 Å². The summed E-state index contributed by atoms with van der Waals surface area (Å²) in [5, 5.41) is 14.5. The van der Waals surface area contributed by atoms with E-state index in [-0.39, 0.29) is 30.2 Å². The largest absolute Gasteiger partial charge is 0.495 e. The van der Waals surface area contributed by atoms with Gasteiger partial charge in [0.1, 0.15) is 40.7 Å². The second-order valence-electron chi connectivity index (χ2n) is 15.7. The number of nitrogens with one attached hydrogen (secondary N) is 1. The van der Waals surface area contributed by atoms with Crippen molar-refractivity contribution in [2.24, 2.45) is 5.92 Å². The standard InChI is InChI=1S/C43H64ClN3O13S2/c1-10-55-15-16-56-17-18-57-19-21-62-61-20-14-36(48)46(6)29(4)40(50)59-35-25-37(49)47(7)31-23-30(24-32(53-8)38(31)44)22-27(2)12-11-13-34(54-9)43(52)26-33(58-41(51)45-43)28(3)39-42(35,5)60-39/h11-13,23-24,28-29,33-35,39,52H,10,14-22,25-26H2,1-9H3,(H,45,51)/b13-11+,27-12+/t28-,29+,33?,34+,35-,39?,42+,43-/m0/s1. The van der Waals surface area contributed by atoms with Gasteiger partial charge < -0.3 is 52.8 Å². The van der Waals surface area contributed by atoms with Gasteiger partial charge in [-0.1, -0.05) is 63.9 Å². The highest BCUT2D eigenvalue weighted by molar-refractivity contribution is 8.76. The van der Waals surface area contributed by atoms with Crippen LogP contribution in [-0.2, 0) is 54.0 Å². The van der Waals surface area contributed by atoms with E-state index in [1.165, 1.54) is 31.1 Å². The number of allylic oxidation sites excluding steroid dienone is 3. The zero-order chi connectivity index (χ0) is 45.6. The minimum absolute atomic E-state index is 0.0582. The first-order chi connectivity index (χ1) is 29.5. The van der Waals surface area contributed by atoms with E-state index in [9.17, 15) is 24.3 Å². The number of aliphatic hydroxyl groups is 1. The van der Waals surface area contributed by atoms with Crippen molar-refractivity contribution in [1.82, 2.24) is 10.2 Å². The zero-order valence-corrected chi connectivity index (χ0v) is 39.7. The van der Waals surface area contributed by atoms with Crippen molar-refractivity contribution in [3.8, 4) is 5.75 Å². The fourth-order valence-corrected chi connectivity index (χ4v) is 9.47. The number of nitrogens with zero attached hydrogens (tertiary/aromatic N) is 2. The number of rotatable bonds is 19. The number of ether oxygens (including phenoxy) is 8. The molecule has 0 radical (unpaired) electrons. The van der Waals surface area contributed by atoms with Gasteiger partial charge in [-0.05, 0) is 51.8 Å². The van der Waals surface area contributed by atoms with Gasteiger partial charge in [-0.3, -0.25) is 14.9 Å². The number of hydrogen-bond donors (Lipinski definition) is 2. The summed E-state index contributed by atoms with van der Waals surface area (Å²) in [4.78, 5) is 57.0. The van der Waals surface area contributed by atoms with Crippen molar-refractivity contribution < 1.29 is 62.2 Å². The maximum absolute atomic E-state index is 14.2. The molecule has 2 fully saturated rings. The van der Waals surface area contributed by atoms with Crippen molar-refractivity contribution >= 4 is 62.8 Å². The Morgan fingerprint density at radius 2 is 1.77 bits per heavy atom. The fraction of sp³-hybridized carbons (Fsp3) is 0.674. The second-order valence-corrected chi connectivity index (χ2v) is 18.8. The molecule has 16 nitrogen and oxygen atoms in total. The summed E-state index contributed by atoms with van der Waals surface area (Å²) in [6, 6.07) is 2.59. The van der Waals surface area contributed by atoms with E-state index in [1.807, 2.05) is 19.9 Å². The molecular formula is C43H64ClN3O13S2. The Hall–Kier alpha value is -3.07. The minimum atomic E-state index is -1.84. The van der Waals surface area contributed by atoms with E-state index < -0.39 is 65.7 Å². The molecule has 0 saturated carbocycles. The number of fused-ring (bicyclic) bond motifs is 5. The van der Waals surface area contributed by atoms with Crippen LogP contribution in [0.4, 0.5) is 10.5 Å². The maximum Gasteiger partial charge on any atom is 0.409 e. The summed E-state index contributed by atoms with van der Waals surface area (Å²) < 4.78 is 45.6. The molecule has 3 amide bonds. The van der Waals surface area contributed by atoms with Crippen LogP contribution >= 0.6 is 33.2 Å². The number of hydrogen-bond acceptors (Lipinski definition) is 15. The second kappa shape index (κ2) is 24.3. The minimum Gasteiger partial charge on any atom is -0.495 e. The summed E-state index contributed by atoms with van der Waals surface area (Å²) in [6.45, 7) is 12.2. The number of alkyl carbamates (subject to hydrolysis) is 1. The van der Waals surface area contributed by atoms with E-state index in [2.05, 4.69) is 5.32 Å². The third-order valence-electron chi connectivity index (χ3n) is 11.3. The number of benzene rings is 1. The first-order valence-corrected chi connectivity index (χ1v) is 23.7. The van der Waals surface area contributed by atoms with Crippen LogP contribution in [0.2, 0.25) is 5.02 Å². The predicted molar refractivity (Wildman–Crippen MR) is 239 cm³/mol. The molecule has 0 aromatic heterocycles. The molecule has 4 rings (SSSR count). The average Bonchev–Trinajstić information content (AvgIpc) is 3.94. The van der Waals surface area contributed by atoms with Crippen molar-refractivity contribution in [3.05, 3.63) is 46.5 Å². The van der Waals surface area contributed by atoms with E-state index in [0.29, 0.717) is 63.3 Å². The summed E-state index contributed by atoms with van der Waals surface area (Å²) in [6.07, 6.45) is 1.05. The van der Waals surface area contributed by atoms with Crippen LogP contribution in [0.15, 0.2) is 35.9 Å². The van der Waals surface area contributed by atoms with Gasteiger partial charge in [0, 0.05) is 58.1 Å². The van der Waals surface area contributed by atoms with Crippen LogP contribution in [0.25, 0.3) is 0 Å². The van der Waals surface area contributed by atoms with Gasteiger partial charge in [0.25, 0.3) is 0 Å². The molecule has 19 heteroatoms. The fourth-order valence-electron chi connectivity index (χ4n) is 7.32. The highest BCUT2D eigenvalue weighted by atomic mass is 35.5. The van der Waals surface area contributed by atoms with Crippen LogP contribution in [0.3, 0.4) is 0 Å². The summed E-state index contributed by atoms with van der Waals surface area (Å²) in [5.74, 6) is -0.337. The van der Waals surface area contributed by atoms with Gasteiger partial charge in [0.15, 0.2) is 5.72 Å². The van der Waals surface area contributed by atoms with Crippen LogP contribution in [0.5, 0.6) is 5.75 Å². The summed E-state index contributed by atoms with van der Waals surface area (Å²) in [5.41, 5.74) is -0.955. The van der Waals surface area contributed by atoms with Crippen LogP contribution < -0.4 is 15.0 Å². The van der Waals surface area contributed by atoms with Gasteiger partial charge in [-0.2, -0.15) is 0 Å². The lowest BCUT2D eigenvalue weighted by atomic mass is 9.83. The molecule has 3 aliphatic heterocycles. The normalized spacial score (nSPS) is 28.4. The smallest absolute Gasteiger partial charge is 0.409 e. The van der Waals surface area contributed by atoms with E-state index >= 15 is 0 Å². The topological polar surface area (TPSA) is 184 Å². The van der Waals surface area contributed by atoms with E-state index in [4.69, 9.17) is 49.5 Å². The Labute approximate surface area is 378 Å². The molecule has 8 atom stereocenters. The number of epoxide rings is 1. The van der Waals surface area contributed by atoms with Crippen LogP contribution in [-0.4, -0.2) is 155 Å². The third kappa shape index (κ3) is 14.0. The Kier molecular flexibility index (Phi) is 20.2. The first-order valence-electron chi connectivity index (χ1n) is 20.8. The van der Waals surface area contributed by atoms with E-state index in [1.54, 1.807) is 73.7 Å². The Balaban J connectivity index is 1.49. The summed E-state index contributed by atoms with van der Waals surface area (Å²) >= 11 is 6.79. The summed E-state index contributed by atoms with van der Waals surface area (Å²) in [7, 11) is 9.17. The van der Waals surface area contributed by atoms with Crippen molar-refractivity contribution in [2.45, 2.75) is 102 Å². The first kappa shape index (κ1) is 51.6. The highest BCUT2D eigenvalue weighted by Crippen LogP contribution is 2.49. The molecule has 0 aliphatic carbocycles. The molecule has 0 spiro atoms. The molecule has 1 aromatic rings. The van der Waals surface area contributed by atoms with E-state index in [0.717, 1.165) is 16.9 Å². The lowest BCUT2D eigenvalue weighted by Gasteiger charge is -2.42. The van der Waals surface area contributed by atoms with Crippen molar-refractivity contribution in [3.63, 3.8) is 0 Å². The Morgan fingerprint density at radius 3 is 2.45 bits per heavy atom. The monoisotopic (exact) mass is 929 g/mol. The lowest BCUT2D eigenvalue weighted by molar-refractivity contribution is -0.162. The van der Waals surface area contributed by atoms with Crippen LogP contribution in [0.1, 0.15) is 59.4 Å². The average molecular weight is 931 g/mol. The molecule has 3 aliphatic rings. The highest BCUT2D eigenvalue weighted by Gasteiger charge is 2.64. The number of anilines is 1. The molecule has 3 heterocycles. The quantitative estimate of drug-likeness (QED) is 0.0783. The predicted octanol–water partition coefficient (Wildman–Crippen LogP) is 5.36. The van der Waals surface area contributed by atoms with Crippen molar-refractivity contribution in [1.29, 1.82) is 0 Å². The van der Waals surface area contributed by atoms with Gasteiger partial charge in [-0.15, -0.1) is 0 Å². The zero-order valence-electron chi connectivity index (χ0n) is 37.3. The molecule has 62 heavy (non-hydrogen) atoms. The molecule has 348 valence electrons. The molecule has 2 unspecified atom stereocenters. The number of amides is 3. The lowest BCUT2D eigenvalue weighted by Crippen LogP contribution is -2.63. The Bertz CT molecular complexity index is 1760. The van der Waals surface area contributed by atoms with Gasteiger partial charge in [0.2, 0.25) is 11.8 Å².